The van der Waals surface area contributed by atoms with Crippen molar-refractivity contribution in [3.63, 3.8) is 0 Å². The molecule has 1 aliphatic heterocycles. The first-order valence-corrected chi connectivity index (χ1v) is 11.8. The molecule has 4 rings (SSSR count). The summed E-state index contributed by atoms with van der Waals surface area (Å²) in [4.78, 5) is 20.2. The smallest absolute Gasteiger partial charge is 0.247 e. The van der Waals surface area contributed by atoms with Crippen LogP contribution in [0.25, 0.3) is 11.3 Å². The van der Waals surface area contributed by atoms with E-state index in [4.69, 9.17) is 9.72 Å². The van der Waals surface area contributed by atoms with E-state index in [0.29, 0.717) is 16.7 Å². The van der Waals surface area contributed by atoms with Crippen LogP contribution in [-0.4, -0.2) is 26.8 Å². The lowest BCUT2D eigenvalue weighted by Crippen LogP contribution is -2.36. The number of thiophene rings is 1. The van der Waals surface area contributed by atoms with Crippen molar-refractivity contribution in [1.29, 1.82) is 0 Å². The van der Waals surface area contributed by atoms with Crippen LogP contribution >= 0.6 is 23.1 Å². The first-order chi connectivity index (χ1) is 14.5. The molecule has 0 unspecified atom stereocenters. The number of carbonyl (C=O) groups is 1. The van der Waals surface area contributed by atoms with Crippen LogP contribution in [-0.2, 0) is 4.79 Å². The number of nitrogens with zero attached hydrogens (tertiary/aromatic N) is 4. The lowest BCUT2D eigenvalue weighted by atomic mass is 10.0. The zero-order chi connectivity index (χ0) is 21.3. The van der Waals surface area contributed by atoms with E-state index >= 15 is 0 Å². The minimum absolute atomic E-state index is 0.0973. The maximum Gasteiger partial charge on any atom is 0.247 e. The van der Waals surface area contributed by atoms with Crippen molar-refractivity contribution in [1.82, 2.24) is 15.2 Å². The van der Waals surface area contributed by atoms with E-state index < -0.39 is 6.23 Å². The molecule has 6 nitrogen and oxygen atoms in total. The number of thioether (sulfide) groups is 1. The predicted molar refractivity (Wildman–Crippen MR) is 121 cm³/mol. The summed E-state index contributed by atoms with van der Waals surface area (Å²) in [6, 6.07) is 8.03. The lowest BCUT2D eigenvalue weighted by molar-refractivity contribution is -0.118. The number of hydrogen-bond acceptors (Lipinski definition) is 7. The van der Waals surface area contributed by atoms with Crippen LogP contribution in [0.4, 0.5) is 5.69 Å². The quantitative estimate of drug-likeness (QED) is 0.383. The highest BCUT2D eigenvalue weighted by Gasteiger charge is 2.36. The van der Waals surface area contributed by atoms with Crippen LogP contribution in [0.1, 0.15) is 48.9 Å². The topological polar surface area (TPSA) is 68.2 Å². The number of benzene rings is 1. The molecule has 0 N–H and O–H groups in total. The van der Waals surface area contributed by atoms with Gasteiger partial charge in [0.1, 0.15) is 0 Å². The van der Waals surface area contributed by atoms with E-state index in [1.807, 2.05) is 37.4 Å². The molecule has 0 aliphatic carbocycles. The highest BCUT2D eigenvalue weighted by Crippen LogP contribution is 2.46. The van der Waals surface area contributed by atoms with Crippen LogP contribution in [0.3, 0.4) is 0 Å². The van der Waals surface area contributed by atoms with Crippen molar-refractivity contribution in [2.45, 2.75) is 51.9 Å². The van der Waals surface area contributed by atoms with Crippen molar-refractivity contribution >= 4 is 34.7 Å². The standard InChI is InChI=1S/C22H24N4O2S2/c1-5-6-9-30-22-23-20-18(24-25-22)16-12-13(2)11-14(3)19(16)26(15(4)27)21(28-20)17-8-7-10-29-17/h7-8,10-12,21H,5-6,9H2,1-4H3/t21-/m0/s1. The molecular formula is C22H24N4O2S2. The summed E-state index contributed by atoms with van der Waals surface area (Å²) in [7, 11) is 0. The monoisotopic (exact) mass is 440 g/mol. The minimum Gasteiger partial charge on any atom is -0.446 e. The molecule has 30 heavy (non-hydrogen) atoms. The van der Waals surface area contributed by atoms with Gasteiger partial charge < -0.3 is 4.74 Å². The Morgan fingerprint density at radius 2 is 2.13 bits per heavy atom. The number of hydrogen-bond donors (Lipinski definition) is 0. The summed E-state index contributed by atoms with van der Waals surface area (Å²) in [5.74, 6) is 1.25. The summed E-state index contributed by atoms with van der Waals surface area (Å²) in [6.07, 6.45) is 1.60. The minimum atomic E-state index is -0.603. The van der Waals surface area contributed by atoms with E-state index in [9.17, 15) is 4.79 Å². The van der Waals surface area contributed by atoms with Gasteiger partial charge in [-0.25, -0.2) is 0 Å². The molecule has 3 heterocycles. The number of amides is 1. The third-order valence-electron chi connectivity index (χ3n) is 4.89. The number of aromatic nitrogens is 3. The largest absolute Gasteiger partial charge is 0.446 e. The molecular weight excluding hydrogens is 416 g/mol. The summed E-state index contributed by atoms with van der Waals surface area (Å²) < 4.78 is 6.39. The van der Waals surface area contributed by atoms with Gasteiger partial charge in [-0.3, -0.25) is 9.69 Å². The molecule has 1 aromatic carbocycles. The van der Waals surface area contributed by atoms with Crippen molar-refractivity contribution in [3.05, 3.63) is 45.6 Å². The van der Waals surface area contributed by atoms with E-state index in [2.05, 4.69) is 23.2 Å². The van der Waals surface area contributed by atoms with Crippen LogP contribution in [0.2, 0.25) is 0 Å². The van der Waals surface area contributed by atoms with Crippen molar-refractivity contribution in [2.24, 2.45) is 0 Å². The Bertz CT molecular complexity index is 1070. The van der Waals surface area contributed by atoms with Crippen LogP contribution in [0, 0.1) is 13.8 Å². The predicted octanol–water partition coefficient (Wildman–Crippen LogP) is 5.55. The van der Waals surface area contributed by atoms with Gasteiger partial charge in [0.25, 0.3) is 0 Å². The normalized spacial score (nSPS) is 15.2. The molecule has 1 atom stereocenters. The number of ether oxygens (including phenoxy) is 1. The zero-order valence-corrected chi connectivity index (χ0v) is 19.1. The average Bonchev–Trinajstić information content (AvgIpc) is 3.19. The Balaban J connectivity index is 1.91. The first kappa shape index (κ1) is 20.8. The van der Waals surface area contributed by atoms with E-state index in [-0.39, 0.29) is 5.91 Å². The molecule has 0 bridgehead atoms. The number of fused-ring (bicyclic) bond motifs is 3. The van der Waals surface area contributed by atoms with Gasteiger partial charge in [0.15, 0.2) is 5.69 Å². The zero-order valence-electron chi connectivity index (χ0n) is 17.5. The third kappa shape index (κ3) is 3.94. The van der Waals surface area contributed by atoms with Gasteiger partial charge in [-0.15, -0.1) is 21.5 Å². The second kappa shape index (κ2) is 8.73. The number of rotatable bonds is 5. The summed E-state index contributed by atoms with van der Waals surface area (Å²) in [6.45, 7) is 7.76. The fourth-order valence-electron chi connectivity index (χ4n) is 3.59. The lowest BCUT2D eigenvalue weighted by Gasteiger charge is -2.30. The molecule has 1 amide bonds. The van der Waals surface area contributed by atoms with Crippen molar-refractivity contribution < 1.29 is 9.53 Å². The second-order valence-corrected chi connectivity index (χ2v) is 9.34. The maximum absolute atomic E-state index is 12.8. The van der Waals surface area contributed by atoms with Gasteiger partial charge in [0.05, 0.1) is 10.6 Å². The first-order valence-electron chi connectivity index (χ1n) is 9.98. The third-order valence-corrected chi connectivity index (χ3v) is 6.72. The number of aryl methyl sites for hydroxylation is 2. The Labute approximate surface area is 184 Å². The molecule has 156 valence electrons. The molecule has 3 aromatic rings. The Hall–Kier alpha value is -2.45. The maximum atomic E-state index is 12.8. The number of carbonyl (C=O) groups excluding carboxylic acids is 1. The van der Waals surface area contributed by atoms with E-state index in [0.717, 1.165) is 45.8 Å². The number of anilines is 1. The Morgan fingerprint density at radius 1 is 1.30 bits per heavy atom. The van der Waals surface area contributed by atoms with Gasteiger partial charge in [-0.05, 0) is 43.3 Å². The van der Waals surface area contributed by atoms with Gasteiger partial charge in [0.2, 0.25) is 23.2 Å². The van der Waals surface area contributed by atoms with Gasteiger partial charge in [-0.1, -0.05) is 42.8 Å². The molecule has 1 aliphatic rings. The SMILES string of the molecule is CCCCSc1nnc2c(n1)O[C@@H](c1cccs1)N(C(C)=O)c1c(C)cc(C)cc1-2. The fourth-order valence-corrected chi connectivity index (χ4v) is 5.20. The number of unbranched alkanes of at least 4 members (excludes halogenated alkanes) is 1. The molecule has 0 fully saturated rings. The van der Waals surface area contributed by atoms with Gasteiger partial charge >= 0.3 is 0 Å². The van der Waals surface area contributed by atoms with Gasteiger partial charge in [-0.2, -0.15) is 4.98 Å². The molecule has 0 radical (unpaired) electrons. The molecule has 0 spiro atoms. The second-order valence-electron chi connectivity index (χ2n) is 7.30. The average molecular weight is 441 g/mol. The van der Waals surface area contributed by atoms with Gasteiger partial charge in [0, 0.05) is 18.2 Å². The Kier molecular flexibility index (Phi) is 6.06. The van der Waals surface area contributed by atoms with Crippen LogP contribution in [0.15, 0.2) is 34.8 Å². The summed E-state index contributed by atoms with van der Waals surface area (Å²) in [5, 5.41) is 11.4. The molecule has 0 saturated carbocycles. The summed E-state index contributed by atoms with van der Waals surface area (Å²) in [5.41, 5.74) is 4.26. The molecule has 8 heteroatoms. The highest BCUT2D eigenvalue weighted by molar-refractivity contribution is 7.99. The van der Waals surface area contributed by atoms with E-state index in [1.165, 1.54) is 0 Å². The van der Waals surface area contributed by atoms with Crippen LogP contribution < -0.4 is 9.64 Å². The van der Waals surface area contributed by atoms with Crippen molar-refractivity contribution in [2.75, 3.05) is 10.7 Å². The molecule has 0 saturated heterocycles. The summed E-state index contributed by atoms with van der Waals surface area (Å²) >= 11 is 3.13. The molecule has 2 aromatic heterocycles. The highest BCUT2D eigenvalue weighted by atomic mass is 32.2. The van der Waals surface area contributed by atoms with Crippen LogP contribution in [0.5, 0.6) is 5.88 Å². The van der Waals surface area contributed by atoms with E-state index in [1.54, 1.807) is 34.9 Å². The van der Waals surface area contributed by atoms with Crippen molar-refractivity contribution in [3.8, 4) is 17.1 Å². The fraction of sp³-hybridized carbons (Fsp3) is 0.364. The Morgan fingerprint density at radius 3 is 2.83 bits per heavy atom.